The van der Waals surface area contributed by atoms with Crippen molar-refractivity contribution < 1.29 is 4.79 Å². The number of rotatable bonds is 3. The van der Waals surface area contributed by atoms with Crippen molar-refractivity contribution >= 4 is 28.5 Å². The number of amides is 1. The van der Waals surface area contributed by atoms with Crippen molar-refractivity contribution in [3.63, 3.8) is 0 Å². The van der Waals surface area contributed by atoms with Crippen LogP contribution in [-0.2, 0) is 13.6 Å². The lowest BCUT2D eigenvalue weighted by molar-refractivity contribution is 0.0630. The van der Waals surface area contributed by atoms with E-state index in [0.29, 0.717) is 18.7 Å². The van der Waals surface area contributed by atoms with Crippen molar-refractivity contribution in [3.8, 4) is 0 Å². The van der Waals surface area contributed by atoms with Crippen LogP contribution in [0.4, 0.5) is 0 Å². The van der Waals surface area contributed by atoms with E-state index in [0.717, 1.165) is 47.1 Å². The van der Waals surface area contributed by atoms with E-state index in [1.54, 1.807) is 4.68 Å². The number of hydrogen-bond donors (Lipinski definition) is 0. The molecule has 1 aliphatic heterocycles. The van der Waals surface area contributed by atoms with E-state index < -0.39 is 0 Å². The van der Waals surface area contributed by atoms with Crippen LogP contribution in [0.5, 0.6) is 0 Å². The third-order valence-electron chi connectivity index (χ3n) is 5.28. The predicted molar refractivity (Wildman–Crippen MR) is 111 cm³/mol. The number of carbonyl (C=O) groups excluding carboxylic acids is 1. The highest BCUT2D eigenvalue weighted by Gasteiger charge is 2.25. The number of pyridine rings is 1. The lowest BCUT2D eigenvalue weighted by Crippen LogP contribution is -2.48. The molecule has 3 heterocycles. The number of halogens is 1. The van der Waals surface area contributed by atoms with Gasteiger partial charge in [-0.1, -0.05) is 23.7 Å². The van der Waals surface area contributed by atoms with Crippen LogP contribution < -0.4 is 0 Å². The fraction of sp³-hybridized carbons (Fsp3) is 0.381. The number of fused-ring (bicyclic) bond motifs is 1. The summed E-state index contributed by atoms with van der Waals surface area (Å²) in [5.41, 5.74) is 4.34. The Kier molecular flexibility index (Phi) is 5.08. The van der Waals surface area contributed by atoms with E-state index in [9.17, 15) is 4.79 Å². The van der Waals surface area contributed by atoms with Crippen molar-refractivity contribution in [1.82, 2.24) is 24.6 Å². The molecule has 0 atom stereocenters. The van der Waals surface area contributed by atoms with Crippen molar-refractivity contribution in [2.45, 2.75) is 20.4 Å². The molecule has 0 spiro atoms. The van der Waals surface area contributed by atoms with E-state index in [1.165, 1.54) is 5.56 Å². The Bertz CT molecular complexity index is 1040. The zero-order valence-electron chi connectivity index (χ0n) is 16.4. The Balaban J connectivity index is 1.49. The minimum Gasteiger partial charge on any atom is -0.336 e. The molecule has 4 rings (SSSR count). The van der Waals surface area contributed by atoms with Crippen LogP contribution in [0.1, 0.15) is 27.3 Å². The van der Waals surface area contributed by atoms with Crippen LogP contribution in [-0.4, -0.2) is 56.7 Å². The van der Waals surface area contributed by atoms with Gasteiger partial charge in [0.15, 0.2) is 5.65 Å². The minimum absolute atomic E-state index is 0.0639. The fourth-order valence-corrected chi connectivity index (χ4v) is 4.12. The summed E-state index contributed by atoms with van der Waals surface area (Å²) in [6, 6.07) is 9.84. The van der Waals surface area contributed by atoms with E-state index >= 15 is 0 Å². The van der Waals surface area contributed by atoms with Crippen LogP contribution in [0, 0.1) is 13.8 Å². The van der Waals surface area contributed by atoms with Gasteiger partial charge in [-0.15, -0.1) is 0 Å². The number of benzene rings is 1. The number of aromatic nitrogens is 3. The molecule has 146 valence electrons. The average Bonchev–Trinajstić information content (AvgIpc) is 2.95. The van der Waals surface area contributed by atoms with Crippen molar-refractivity contribution in [2.75, 3.05) is 26.2 Å². The van der Waals surface area contributed by atoms with Crippen molar-refractivity contribution in [1.29, 1.82) is 0 Å². The molecule has 28 heavy (non-hydrogen) atoms. The van der Waals surface area contributed by atoms with Gasteiger partial charge >= 0.3 is 0 Å². The standard InChI is InChI=1S/C21H24ClN5O/c1-14-11-18(19-15(2)24-25(3)20(19)23-14)21(28)27-9-7-26(8-10-27)13-16-5-4-6-17(22)12-16/h4-6,11-12H,7-10,13H2,1-3H3. The summed E-state index contributed by atoms with van der Waals surface area (Å²) in [6.45, 7) is 7.81. The summed E-state index contributed by atoms with van der Waals surface area (Å²) in [7, 11) is 1.87. The predicted octanol–water partition coefficient (Wildman–Crippen LogP) is 3.20. The van der Waals surface area contributed by atoms with Gasteiger partial charge < -0.3 is 4.90 Å². The molecule has 1 saturated heterocycles. The van der Waals surface area contributed by atoms with E-state index in [2.05, 4.69) is 21.0 Å². The normalized spacial score (nSPS) is 15.4. The zero-order chi connectivity index (χ0) is 19.8. The lowest BCUT2D eigenvalue weighted by Gasteiger charge is -2.35. The molecular weight excluding hydrogens is 374 g/mol. The topological polar surface area (TPSA) is 54.3 Å². The first-order chi connectivity index (χ1) is 13.4. The molecule has 0 aliphatic carbocycles. The van der Waals surface area contributed by atoms with Crippen molar-refractivity contribution in [3.05, 3.63) is 57.9 Å². The van der Waals surface area contributed by atoms with Gasteiger partial charge in [0, 0.05) is 50.5 Å². The quantitative estimate of drug-likeness (QED) is 0.681. The number of aryl methyl sites for hydroxylation is 3. The Morgan fingerprint density at radius 1 is 1.14 bits per heavy atom. The molecule has 1 amide bonds. The van der Waals surface area contributed by atoms with Gasteiger partial charge in [0.1, 0.15) is 0 Å². The van der Waals surface area contributed by atoms with Crippen LogP contribution in [0.15, 0.2) is 30.3 Å². The Hall–Kier alpha value is -2.44. The van der Waals surface area contributed by atoms with E-state index in [4.69, 9.17) is 11.6 Å². The molecule has 7 heteroatoms. The van der Waals surface area contributed by atoms with Gasteiger partial charge in [-0.05, 0) is 37.6 Å². The van der Waals surface area contributed by atoms with Crippen LogP contribution in [0.25, 0.3) is 11.0 Å². The lowest BCUT2D eigenvalue weighted by atomic mass is 10.1. The molecule has 1 fully saturated rings. The van der Waals surface area contributed by atoms with Gasteiger partial charge in [-0.25, -0.2) is 4.98 Å². The fourth-order valence-electron chi connectivity index (χ4n) is 3.91. The number of hydrogen-bond acceptors (Lipinski definition) is 4. The highest BCUT2D eigenvalue weighted by molar-refractivity contribution is 6.30. The van der Waals surface area contributed by atoms with Crippen molar-refractivity contribution in [2.24, 2.45) is 7.05 Å². The smallest absolute Gasteiger partial charge is 0.254 e. The molecule has 0 N–H and O–H groups in total. The van der Waals surface area contributed by atoms with Gasteiger partial charge in [0.25, 0.3) is 5.91 Å². The molecule has 0 saturated carbocycles. The number of nitrogens with zero attached hydrogens (tertiary/aromatic N) is 5. The molecule has 2 aromatic heterocycles. The molecule has 3 aromatic rings. The maximum atomic E-state index is 13.3. The largest absolute Gasteiger partial charge is 0.336 e. The second-order valence-corrected chi connectivity index (χ2v) is 7.85. The van der Waals surface area contributed by atoms with Gasteiger partial charge in [-0.2, -0.15) is 5.10 Å². The molecule has 1 aliphatic rings. The number of piperazine rings is 1. The molecule has 0 radical (unpaired) electrons. The minimum atomic E-state index is 0.0639. The first kappa shape index (κ1) is 18.9. The first-order valence-corrected chi connectivity index (χ1v) is 9.87. The second-order valence-electron chi connectivity index (χ2n) is 7.42. The molecule has 0 unspecified atom stereocenters. The summed E-state index contributed by atoms with van der Waals surface area (Å²) in [4.78, 5) is 22.1. The number of carbonyl (C=O) groups is 1. The van der Waals surface area contributed by atoms with Crippen LogP contribution >= 0.6 is 11.6 Å². The Morgan fingerprint density at radius 2 is 1.89 bits per heavy atom. The molecule has 6 nitrogen and oxygen atoms in total. The monoisotopic (exact) mass is 397 g/mol. The third kappa shape index (κ3) is 3.62. The molecule has 1 aromatic carbocycles. The summed E-state index contributed by atoms with van der Waals surface area (Å²) < 4.78 is 1.75. The maximum Gasteiger partial charge on any atom is 0.254 e. The molecular formula is C21H24ClN5O. The summed E-state index contributed by atoms with van der Waals surface area (Å²) in [5.74, 6) is 0.0639. The zero-order valence-corrected chi connectivity index (χ0v) is 17.2. The molecule has 0 bridgehead atoms. The maximum absolute atomic E-state index is 13.3. The highest BCUT2D eigenvalue weighted by Crippen LogP contribution is 2.23. The SMILES string of the molecule is Cc1cc(C(=O)N2CCN(Cc3cccc(Cl)c3)CC2)c2c(C)nn(C)c2n1. The third-order valence-corrected chi connectivity index (χ3v) is 5.52. The summed E-state index contributed by atoms with van der Waals surface area (Å²) in [5, 5.41) is 6.07. The van der Waals surface area contributed by atoms with Gasteiger partial charge in [-0.3, -0.25) is 14.4 Å². The average molecular weight is 398 g/mol. The van der Waals surface area contributed by atoms with Gasteiger partial charge in [0.2, 0.25) is 0 Å². The van der Waals surface area contributed by atoms with E-state index in [-0.39, 0.29) is 5.91 Å². The van der Waals surface area contributed by atoms with E-state index in [1.807, 2.05) is 50.1 Å². The van der Waals surface area contributed by atoms with Gasteiger partial charge in [0.05, 0.1) is 16.6 Å². The first-order valence-electron chi connectivity index (χ1n) is 9.49. The summed E-state index contributed by atoms with van der Waals surface area (Å²) in [6.07, 6.45) is 0. The highest BCUT2D eigenvalue weighted by atomic mass is 35.5. The Labute approximate surface area is 169 Å². The summed E-state index contributed by atoms with van der Waals surface area (Å²) >= 11 is 6.09. The van der Waals surface area contributed by atoms with Crippen LogP contribution in [0.2, 0.25) is 5.02 Å². The second kappa shape index (κ2) is 7.53. The Morgan fingerprint density at radius 3 is 2.61 bits per heavy atom. The van der Waals surface area contributed by atoms with Crippen LogP contribution in [0.3, 0.4) is 0 Å².